The Balaban J connectivity index is -0.0000000267. The van der Waals surface area contributed by atoms with E-state index >= 15 is 0 Å². The monoisotopic (exact) mass is 146 g/mol. The minimum Gasteiger partial charge on any atom is -0.659 e. The van der Waals surface area contributed by atoms with Gasteiger partial charge in [-0.25, -0.2) is 4.79 Å². The van der Waals surface area contributed by atoms with Gasteiger partial charge in [-0.2, -0.15) is 0 Å². The van der Waals surface area contributed by atoms with Crippen molar-refractivity contribution < 1.29 is 25.5 Å². The Bertz CT molecular complexity index is 47.7. The first kappa shape index (κ1) is 23.6. The second-order valence-corrected chi connectivity index (χ2v) is 0.349. The Morgan fingerprint density at radius 1 is 1.62 bits per heavy atom. The molecule has 0 aromatic carbocycles. The number of carboxylic acid groups (broad SMARTS) is 1. The van der Waals surface area contributed by atoms with Crippen LogP contribution in [0.15, 0.2) is 0 Å². The Morgan fingerprint density at radius 3 is 1.75 bits per heavy atom. The second kappa shape index (κ2) is 15.6. The van der Waals surface area contributed by atoms with E-state index in [1.165, 1.54) is 0 Å². The molecule has 0 saturated carbocycles. The maximum Gasteiger partial charge on any atom is 3.00 e. The molecule has 38 valence electrons. The van der Waals surface area contributed by atoms with Gasteiger partial charge in [0.2, 0.25) is 0 Å². The molecule has 0 spiro atoms. The van der Waals surface area contributed by atoms with Gasteiger partial charge in [-0.1, -0.05) is 0 Å². The van der Waals surface area contributed by atoms with Gasteiger partial charge in [-0.05, 0) is 0 Å². The Kier molecular flexibility index (Phi) is 46.2. The van der Waals surface area contributed by atoms with Gasteiger partial charge < -0.3 is 20.7 Å². The molecule has 0 aliphatic heterocycles. The zero-order chi connectivity index (χ0) is 4.28. The molecule has 0 aromatic heterocycles. The maximum absolute atomic E-state index is 8.83. The summed E-state index contributed by atoms with van der Waals surface area (Å²) in [5.41, 5.74) is 0. The SMILES string of the molecule is O.O=C(O)O[O-].[Al+3].[Mg+2]. The quantitative estimate of drug-likeness (QED) is 0.229. The summed E-state index contributed by atoms with van der Waals surface area (Å²) < 4.78 is 0. The van der Waals surface area contributed by atoms with Crippen molar-refractivity contribution in [3.8, 4) is 0 Å². The van der Waals surface area contributed by atoms with E-state index in [1.807, 2.05) is 0 Å². The van der Waals surface area contributed by atoms with Crippen LogP contribution in [0.1, 0.15) is 0 Å². The van der Waals surface area contributed by atoms with Gasteiger partial charge in [0.05, 0.1) is 0 Å². The van der Waals surface area contributed by atoms with E-state index < -0.39 is 6.16 Å². The van der Waals surface area contributed by atoms with Crippen molar-refractivity contribution >= 4 is 46.6 Å². The number of rotatable bonds is 0. The molecule has 0 atom stereocenters. The van der Waals surface area contributed by atoms with Crippen molar-refractivity contribution in [2.45, 2.75) is 0 Å². The van der Waals surface area contributed by atoms with Crippen LogP contribution in [0.25, 0.3) is 0 Å². The summed E-state index contributed by atoms with van der Waals surface area (Å²) in [6.07, 6.45) is -1.80. The van der Waals surface area contributed by atoms with Crippen molar-refractivity contribution in [3.05, 3.63) is 0 Å². The molecule has 0 aliphatic carbocycles. The molecule has 0 saturated heterocycles. The van der Waals surface area contributed by atoms with Gasteiger partial charge in [-0.15, -0.1) is 0 Å². The number of carbonyl (C=O) groups is 1. The average Bonchev–Trinajstić information content (AvgIpc) is 1.38. The van der Waals surface area contributed by atoms with Crippen molar-refractivity contribution in [2.24, 2.45) is 0 Å². The van der Waals surface area contributed by atoms with Crippen molar-refractivity contribution in [3.63, 3.8) is 0 Å². The van der Waals surface area contributed by atoms with Gasteiger partial charge >= 0.3 is 46.6 Å². The molecule has 0 fully saturated rings. The molecule has 3 N–H and O–H groups in total. The molecule has 0 rings (SSSR count). The zero-order valence-electron chi connectivity index (χ0n) is 3.96. The van der Waals surface area contributed by atoms with Gasteiger partial charge in [-0.3, -0.25) is 0 Å². The minimum absolute atomic E-state index is 0. The van der Waals surface area contributed by atoms with E-state index in [1.54, 1.807) is 0 Å². The molecular weight excluding hydrogens is 143 g/mol. The Labute approximate surface area is 72.2 Å². The molecule has 0 heterocycles. The summed E-state index contributed by atoms with van der Waals surface area (Å²) in [5.74, 6) is 0. The minimum atomic E-state index is -1.80. The zero-order valence-corrected chi connectivity index (χ0v) is 6.53. The first-order valence-electron chi connectivity index (χ1n) is 0.799. The molecule has 0 radical (unpaired) electrons. The molecule has 8 heavy (non-hydrogen) atoms. The molecule has 5 nitrogen and oxygen atoms in total. The van der Waals surface area contributed by atoms with E-state index in [0.717, 1.165) is 0 Å². The van der Waals surface area contributed by atoms with Crippen LogP contribution in [-0.2, 0) is 4.89 Å². The van der Waals surface area contributed by atoms with Crippen LogP contribution in [-0.4, -0.2) is 57.2 Å². The van der Waals surface area contributed by atoms with Gasteiger partial charge in [0.1, 0.15) is 0 Å². The molecule has 0 unspecified atom stereocenters. The summed E-state index contributed by atoms with van der Waals surface area (Å²) in [6, 6.07) is 0. The maximum atomic E-state index is 8.83. The Morgan fingerprint density at radius 2 is 1.75 bits per heavy atom. The molecule has 0 bridgehead atoms. The van der Waals surface area contributed by atoms with Crippen molar-refractivity contribution in [2.75, 3.05) is 0 Å². The number of hydrogen-bond acceptors (Lipinski definition) is 3. The second-order valence-electron chi connectivity index (χ2n) is 0.349. The van der Waals surface area contributed by atoms with Crippen LogP contribution in [0, 0.1) is 0 Å². The predicted molar refractivity (Wildman–Crippen MR) is 24.2 cm³/mol. The third-order valence-corrected chi connectivity index (χ3v) is 0.0713. The van der Waals surface area contributed by atoms with Crippen molar-refractivity contribution in [1.29, 1.82) is 0 Å². The van der Waals surface area contributed by atoms with E-state index in [9.17, 15) is 0 Å². The number of hydrogen-bond donors (Lipinski definition) is 1. The fourth-order valence-corrected chi connectivity index (χ4v) is 0. The first-order valence-corrected chi connectivity index (χ1v) is 0.799. The van der Waals surface area contributed by atoms with E-state index in [-0.39, 0.29) is 45.9 Å². The fraction of sp³-hybridized carbons (Fsp3) is 0. The predicted octanol–water partition coefficient (Wildman–Crippen LogP) is -2.63. The summed E-state index contributed by atoms with van der Waals surface area (Å²) in [5, 5.41) is 15.7. The average molecular weight is 146 g/mol. The molecule has 0 amide bonds. The molecule has 0 aliphatic rings. The summed E-state index contributed by atoms with van der Waals surface area (Å²) in [7, 11) is 0. The van der Waals surface area contributed by atoms with Gasteiger partial charge in [0.25, 0.3) is 0 Å². The third-order valence-electron chi connectivity index (χ3n) is 0.0713. The Hall–Kier alpha value is 0.489. The standard InChI is InChI=1S/CH2O4.Al.Mg.H2O/c2-1(3)5-4;;;/h4H,(H,2,3);;;1H2/q;+3;+2;/p-1. The normalized spacial score (nSPS) is 4.12. The summed E-state index contributed by atoms with van der Waals surface area (Å²) in [4.78, 5) is 11.2. The molecular formula is CH3AlMgO5+4. The van der Waals surface area contributed by atoms with Crippen LogP contribution in [0.4, 0.5) is 4.79 Å². The smallest absolute Gasteiger partial charge is 0.659 e. The van der Waals surface area contributed by atoms with Crippen LogP contribution >= 0.6 is 0 Å². The van der Waals surface area contributed by atoms with Crippen LogP contribution in [0.2, 0.25) is 0 Å². The first-order chi connectivity index (χ1) is 2.27. The van der Waals surface area contributed by atoms with Crippen LogP contribution in [0.5, 0.6) is 0 Å². The van der Waals surface area contributed by atoms with E-state index in [0.29, 0.717) is 0 Å². The van der Waals surface area contributed by atoms with Crippen LogP contribution < -0.4 is 5.26 Å². The molecule has 0 aromatic rings. The van der Waals surface area contributed by atoms with E-state index in [4.69, 9.17) is 15.2 Å². The van der Waals surface area contributed by atoms with Gasteiger partial charge in [0.15, 0.2) is 0 Å². The topological polar surface area (TPSA) is 101 Å². The van der Waals surface area contributed by atoms with E-state index in [2.05, 4.69) is 4.89 Å². The summed E-state index contributed by atoms with van der Waals surface area (Å²) >= 11 is 0. The molecule has 7 heteroatoms. The van der Waals surface area contributed by atoms with Gasteiger partial charge in [0, 0.05) is 0 Å². The summed E-state index contributed by atoms with van der Waals surface area (Å²) in [6.45, 7) is 0. The third kappa shape index (κ3) is 31.6. The van der Waals surface area contributed by atoms with Crippen LogP contribution in [0.3, 0.4) is 0 Å². The fourth-order valence-electron chi connectivity index (χ4n) is 0. The largest absolute Gasteiger partial charge is 3.00 e. The van der Waals surface area contributed by atoms with Crippen molar-refractivity contribution in [1.82, 2.24) is 0 Å².